The lowest BCUT2D eigenvalue weighted by molar-refractivity contribution is -0.375. The number of phenolic OH excluding ortho intramolecular Hbond substituents is 12. The van der Waals surface area contributed by atoms with Crippen LogP contribution in [0.15, 0.2) is 127 Å². The van der Waals surface area contributed by atoms with Gasteiger partial charge in [-0.15, -0.1) is 0 Å². The van der Waals surface area contributed by atoms with Crippen molar-refractivity contribution < 1.29 is 243 Å². The van der Waals surface area contributed by atoms with Crippen LogP contribution in [0.25, 0.3) is 18.2 Å². The SMILES string of the molecule is CC1OC(OC2C(C)OC(OC3C(O)C(OCCc4ccc(O)c(O)c4)OC(CO)C3OC(=O)/C=C/c3ccc(O)c(O)c3)C(O)C2O)C(O)C(O)C1O.CC1OC(OC2C(O)C(COC(=O)/C=C/c3ccc(O)c(O)c3)OC(OCCc3ccc(O)c(O)c3)C2O)C(O)C(O)C1O.CC1OC(OC2C(O)C(OCCc3ccc(O)c(O)c3)OC(CO)C2OC(=O)/C=C/c2ccc(O)c(O)c2)C(O)C(O)C1O. The van der Waals surface area contributed by atoms with Gasteiger partial charge in [-0.2, -0.15) is 0 Å². The molecule has 13 rings (SSSR count). The van der Waals surface area contributed by atoms with Gasteiger partial charge in [0.1, 0.15) is 141 Å². The molecule has 784 valence electrons. The van der Waals surface area contributed by atoms with Gasteiger partial charge in [0, 0.05) is 18.2 Å². The molecule has 49 heteroatoms. The van der Waals surface area contributed by atoms with E-state index in [-0.39, 0.29) is 96.6 Å². The zero-order chi connectivity index (χ0) is 104. The molecule has 0 amide bonds. The number of benzene rings is 6. The minimum absolute atomic E-state index is 0.0754. The van der Waals surface area contributed by atoms with Gasteiger partial charge in [-0.1, -0.05) is 36.4 Å². The van der Waals surface area contributed by atoms with Crippen LogP contribution in [-0.2, 0) is 114 Å². The van der Waals surface area contributed by atoms with Crippen molar-refractivity contribution in [3.63, 3.8) is 0 Å². The summed E-state index contributed by atoms with van der Waals surface area (Å²) in [5.74, 6) is -7.17. The minimum Gasteiger partial charge on any atom is -0.504 e. The number of hydrogen-bond acceptors (Lipinski definition) is 49. The molecule has 0 aliphatic carbocycles. The lowest BCUT2D eigenvalue weighted by atomic mass is 9.96. The summed E-state index contributed by atoms with van der Waals surface area (Å²) in [6.45, 7) is 3.34. The van der Waals surface area contributed by atoms with E-state index in [0.717, 1.165) is 18.2 Å². The van der Waals surface area contributed by atoms with Crippen LogP contribution in [0, 0.1) is 0 Å². The van der Waals surface area contributed by atoms with Crippen LogP contribution in [0.2, 0.25) is 0 Å². The lowest BCUT2D eigenvalue weighted by Gasteiger charge is -2.48. The average molecular weight is 2020 g/mol. The van der Waals surface area contributed by atoms with Crippen molar-refractivity contribution in [1.82, 2.24) is 0 Å². The standard InChI is InChI=1S/C35H46O19.2C29H36O15/c1-14-24(42)25(43)27(45)34(49-14)53-30-15(2)50-35(28(46)26(30)44)54-32-29(47)33(48-10-9-17-4-7-19(38)21(40)12-17)51-22(13-36)31(32)52-23(41)8-5-16-3-6-18(37)20(39)11-16;1-13-22(36)23(37)24(38)29(41-13)44-27-25(39)28(40-9-8-15-3-6-17(32)19(34)11-15)42-20(12-30)26(27)43-21(35)7-4-14-2-5-16(31)18(33)10-14;1-13-22(35)24(37)25(38)29(42-13)44-27-23(36)20(12-41-21(34)7-4-14-2-5-16(30)18(32)10-14)43-28(26(27)39)40-9-8-15-3-6-17(31)19(33)11-15/h3-8,11-12,14-15,22,24-40,42-47H,9-10,13H2,1-2H3;2-7,10-11,13,20,22-34,36-39H,8-9,12H2,1H3;2-7,10-11,13,20,22-33,35-39H,8-9,12H2,1H3/b8-5+;2*7-4+. The highest BCUT2D eigenvalue weighted by Crippen LogP contribution is 2.40. The van der Waals surface area contributed by atoms with Gasteiger partial charge in [0.15, 0.2) is 125 Å². The Labute approximate surface area is 807 Å². The Balaban J connectivity index is 0.000000205. The highest BCUT2D eigenvalue weighted by atomic mass is 16.8. The van der Waals surface area contributed by atoms with Crippen LogP contribution in [0.4, 0.5) is 0 Å². The molecule has 7 fully saturated rings. The second-order valence-electron chi connectivity index (χ2n) is 34.1. The van der Waals surface area contributed by atoms with E-state index in [1.165, 1.54) is 143 Å². The molecule has 142 heavy (non-hydrogen) atoms. The minimum atomic E-state index is -1.91. The normalized spacial score (nSPS) is 34.3. The van der Waals surface area contributed by atoms with E-state index < -0.39 is 264 Å². The van der Waals surface area contributed by atoms with Crippen LogP contribution in [-0.4, -0.2) is 421 Å². The number of rotatable bonds is 32. The number of carbonyl (C=O) groups excluding carboxylic acids is 3. The summed E-state index contributed by atoms with van der Waals surface area (Å²) in [5, 5.41) is 295. The summed E-state index contributed by atoms with van der Waals surface area (Å²) in [5.41, 5.74) is 2.72. The Bertz CT molecular complexity index is 5120. The Morgan fingerprint density at radius 3 is 0.859 bits per heavy atom. The van der Waals surface area contributed by atoms with E-state index in [1.54, 1.807) is 12.1 Å². The fourth-order valence-corrected chi connectivity index (χ4v) is 15.6. The topological polar surface area (TPSA) is 795 Å². The highest BCUT2D eigenvalue weighted by Gasteiger charge is 2.57. The Morgan fingerprint density at radius 2 is 0.542 bits per heavy atom. The van der Waals surface area contributed by atoms with Crippen LogP contribution in [0.1, 0.15) is 61.1 Å². The maximum Gasteiger partial charge on any atom is 0.331 e. The molecule has 7 aliphatic heterocycles. The second-order valence-corrected chi connectivity index (χ2v) is 34.1. The van der Waals surface area contributed by atoms with Gasteiger partial charge in [0.05, 0.1) is 57.5 Å². The molecule has 7 aliphatic rings. The van der Waals surface area contributed by atoms with Gasteiger partial charge in [-0.05, 0) is 171 Å². The second kappa shape index (κ2) is 50.7. The lowest BCUT2D eigenvalue weighted by Crippen LogP contribution is -2.66. The predicted molar refractivity (Wildman–Crippen MR) is 473 cm³/mol. The van der Waals surface area contributed by atoms with Crippen molar-refractivity contribution in [2.45, 2.75) is 262 Å². The van der Waals surface area contributed by atoms with Gasteiger partial charge in [-0.25, -0.2) is 14.4 Å². The predicted octanol–water partition coefficient (Wildman–Crippen LogP) is -4.20. The van der Waals surface area contributed by atoms with Crippen LogP contribution in [0.5, 0.6) is 69.0 Å². The van der Waals surface area contributed by atoms with Crippen molar-refractivity contribution in [3.05, 3.63) is 161 Å². The highest BCUT2D eigenvalue weighted by molar-refractivity contribution is 5.88. The molecular formula is C93H118O49. The molecule has 49 nitrogen and oxygen atoms in total. The summed E-state index contributed by atoms with van der Waals surface area (Å²) in [4.78, 5) is 38.2. The summed E-state index contributed by atoms with van der Waals surface area (Å²) in [6.07, 6.45) is -46.0. The molecule has 29 N–H and O–H groups in total. The van der Waals surface area contributed by atoms with Gasteiger partial charge in [0.25, 0.3) is 0 Å². The number of ether oxygens (including phenoxy) is 17. The molecule has 7 heterocycles. The summed E-state index contributed by atoms with van der Waals surface area (Å²) in [6, 6.07) is 23.9. The average Bonchev–Trinajstić information content (AvgIpc) is 0.776. The maximum absolute atomic E-state index is 13.0. The van der Waals surface area contributed by atoms with E-state index in [0.29, 0.717) is 33.4 Å². The molecule has 0 spiro atoms. The third-order valence-electron chi connectivity index (χ3n) is 23.9. The van der Waals surface area contributed by atoms with Crippen LogP contribution in [0.3, 0.4) is 0 Å². The zero-order valence-corrected chi connectivity index (χ0v) is 76.1. The van der Waals surface area contributed by atoms with Crippen LogP contribution < -0.4 is 0 Å². The first-order valence-corrected chi connectivity index (χ1v) is 44.5. The molecule has 7 saturated heterocycles. The number of aliphatic hydroxyl groups is 17. The fraction of sp³-hybridized carbons (Fsp3) is 0.516. The van der Waals surface area contributed by atoms with Gasteiger partial charge in [-0.3, -0.25) is 0 Å². The molecule has 0 aromatic heterocycles. The number of esters is 3. The number of aromatic hydroxyl groups is 12. The molecule has 0 radical (unpaired) electrons. The van der Waals surface area contributed by atoms with Gasteiger partial charge < -0.3 is 229 Å². The first-order valence-electron chi connectivity index (χ1n) is 44.5. The number of aliphatic hydroxyl groups excluding tert-OH is 17. The molecule has 35 atom stereocenters. The largest absolute Gasteiger partial charge is 0.504 e. The summed E-state index contributed by atoms with van der Waals surface area (Å²) in [7, 11) is 0. The Morgan fingerprint density at radius 1 is 0.268 bits per heavy atom. The Hall–Kier alpha value is -10.7. The molecule has 0 saturated carbocycles. The van der Waals surface area contributed by atoms with Crippen molar-refractivity contribution in [2.75, 3.05) is 39.6 Å². The van der Waals surface area contributed by atoms with Crippen LogP contribution >= 0.6 is 0 Å². The number of hydrogen-bond donors (Lipinski definition) is 29. The zero-order valence-electron chi connectivity index (χ0n) is 76.1. The fourth-order valence-electron chi connectivity index (χ4n) is 15.6. The van der Waals surface area contributed by atoms with Crippen molar-refractivity contribution in [3.8, 4) is 69.0 Å². The summed E-state index contributed by atoms with van der Waals surface area (Å²) >= 11 is 0. The molecule has 6 aromatic carbocycles. The van der Waals surface area contributed by atoms with Gasteiger partial charge in [0.2, 0.25) is 0 Å². The number of phenols is 12. The van der Waals surface area contributed by atoms with E-state index in [9.17, 15) is 162 Å². The van der Waals surface area contributed by atoms with E-state index in [2.05, 4.69) is 0 Å². The maximum atomic E-state index is 13.0. The van der Waals surface area contributed by atoms with Crippen molar-refractivity contribution >= 4 is 36.1 Å². The molecular weight excluding hydrogens is 1900 g/mol. The smallest absolute Gasteiger partial charge is 0.331 e. The van der Waals surface area contributed by atoms with E-state index in [1.807, 2.05) is 0 Å². The number of carbonyl (C=O) groups is 3. The molecule has 6 aromatic rings. The van der Waals surface area contributed by atoms with E-state index >= 15 is 0 Å². The molecule has 0 bridgehead atoms. The van der Waals surface area contributed by atoms with E-state index in [4.69, 9.17) is 80.5 Å². The third-order valence-corrected chi connectivity index (χ3v) is 23.9. The first kappa shape index (κ1) is 112. The monoisotopic (exact) mass is 2020 g/mol. The van der Waals surface area contributed by atoms with Gasteiger partial charge >= 0.3 is 17.9 Å². The molecule has 35 unspecified atom stereocenters. The quantitative estimate of drug-likeness (QED) is 0.00824. The van der Waals surface area contributed by atoms with Crippen molar-refractivity contribution in [1.29, 1.82) is 0 Å². The summed E-state index contributed by atoms with van der Waals surface area (Å²) < 4.78 is 95.9. The van der Waals surface area contributed by atoms with Crippen molar-refractivity contribution in [2.24, 2.45) is 0 Å². The Kier molecular flexibility index (Phi) is 39.9. The third kappa shape index (κ3) is 28.5. The first-order chi connectivity index (χ1) is 67.3.